The second-order valence-electron chi connectivity index (χ2n) is 5.44. The first-order valence-electron chi connectivity index (χ1n) is 8.15. The lowest BCUT2D eigenvalue weighted by atomic mass is 9.87. The van der Waals surface area contributed by atoms with Crippen molar-refractivity contribution in [3.63, 3.8) is 0 Å². The van der Waals surface area contributed by atoms with Crippen LogP contribution in [0.15, 0.2) is 29.0 Å². The molecule has 1 nitrogen and oxygen atoms in total. The molecule has 0 amide bonds. The highest BCUT2D eigenvalue weighted by molar-refractivity contribution is 7.08. The normalized spacial score (nSPS) is 12.6. The van der Waals surface area contributed by atoms with Gasteiger partial charge in [-0.3, -0.25) is 0 Å². The SMILES string of the molecule is CCNC(c1ccsc1)c1c(CC)cc(CC)cc1CC. The van der Waals surface area contributed by atoms with Gasteiger partial charge in [0, 0.05) is 0 Å². The Morgan fingerprint density at radius 3 is 2.10 bits per heavy atom. The average molecular weight is 301 g/mol. The average Bonchev–Trinajstić information content (AvgIpc) is 3.05. The summed E-state index contributed by atoms with van der Waals surface area (Å²) in [6.07, 6.45) is 3.31. The number of hydrogen-bond donors (Lipinski definition) is 1. The van der Waals surface area contributed by atoms with Crippen molar-refractivity contribution in [3.05, 3.63) is 56.8 Å². The van der Waals surface area contributed by atoms with Gasteiger partial charge in [-0.15, -0.1) is 0 Å². The van der Waals surface area contributed by atoms with E-state index >= 15 is 0 Å². The van der Waals surface area contributed by atoms with Crippen molar-refractivity contribution in [1.82, 2.24) is 5.32 Å². The van der Waals surface area contributed by atoms with Crippen LogP contribution in [0.4, 0.5) is 0 Å². The fourth-order valence-corrected chi connectivity index (χ4v) is 3.73. The highest BCUT2D eigenvalue weighted by Gasteiger charge is 2.20. The summed E-state index contributed by atoms with van der Waals surface area (Å²) in [6, 6.07) is 7.40. The van der Waals surface area contributed by atoms with E-state index in [2.05, 4.69) is 62.0 Å². The molecular formula is C19H27NS. The maximum absolute atomic E-state index is 3.69. The van der Waals surface area contributed by atoms with E-state index in [-0.39, 0.29) is 0 Å². The standard InChI is InChI=1S/C19H27NS/c1-5-14-11-15(6-2)18(16(7-3)12-14)19(20-8-4)17-9-10-21-13-17/h9-13,19-20H,5-8H2,1-4H3. The van der Waals surface area contributed by atoms with Crippen LogP contribution in [-0.4, -0.2) is 6.54 Å². The summed E-state index contributed by atoms with van der Waals surface area (Å²) in [4.78, 5) is 0. The zero-order chi connectivity index (χ0) is 15.2. The van der Waals surface area contributed by atoms with Crippen molar-refractivity contribution in [2.24, 2.45) is 0 Å². The summed E-state index contributed by atoms with van der Waals surface area (Å²) in [6.45, 7) is 9.97. The molecular weight excluding hydrogens is 274 g/mol. The fraction of sp³-hybridized carbons (Fsp3) is 0.474. The molecule has 1 aromatic carbocycles. The van der Waals surface area contributed by atoms with Crippen molar-refractivity contribution < 1.29 is 0 Å². The van der Waals surface area contributed by atoms with E-state index < -0.39 is 0 Å². The smallest absolute Gasteiger partial charge is 0.0590 e. The molecule has 0 aliphatic rings. The van der Waals surface area contributed by atoms with Crippen LogP contribution >= 0.6 is 11.3 Å². The molecule has 2 heteroatoms. The Morgan fingerprint density at radius 1 is 1.00 bits per heavy atom. The molecule has 114 valence electrons. The number of nitrogens with one attached hydrogen (secondary N) is 1. The van der Waals surface area contributed by atoms with Crippen molar-refractivity contribution in [3.8, 4) is 0 Å². The summed E-state index contributed by atoms with van der Waals surface area (Å²) in [5.74, 6) is 0. The van der Waals surface area contributed by atoms with E-state index in [4.69, 9.17) is 0 Å². The third-order valence-electron chi connectivity index (χ3n) is 4.15. The van der Waals surface area contributed by atoms with Crippen molar-refractivity contribution in [1.29, 1.82) is 0 Å². The number of thiophene rings is 1. The minimum atomic E-state index is 0.331. The number of aryl methyl sites for hydroxylation is 3. The third-order valence-corrected chi connectivity index (χ3v) is 4.86. The largest absolute Gasteiger partial charge is 0.306 e. The van der Waals surface area contributed by atoms with Gasteiger partial charge >= 0.3 is 0 Å². The quantitative estimate of drug-likeness (QED) is 0.747. The predicted octanol–water partition coefficient (Wildman–Crippen LogP) is 5.13. The Balaban J connectivity index is 2.57. The van der Waals surface area contributed by atoms with Crippen LogP contribution in [0.3, 0.4) is 0 Å². The molecule has 0 bridgehead atoms. The Kier molecular flexibility index (Phi) is 6.01. The molecule has 1 N–H and O–H groups in total. The summed E-state index contributed by atoms with van der Waals surface area (Å²) < 4.78 is 0. The summed E-state index contributed by atoms with van der Waals surface area (Å²) in [7, 11) is 0. The summed E-state index contributed by atoms with van der Waals surface area (Å²) in [5.41, 5.74) is 7.38. The number of benzene rings is 1. The molecule has 0 radical (unpaired) electrons. The highest BCUT2D eigenvalue weighted by Crippen LogP contribution is 2.31. The van der Waals surface area contributed by atoms with Crippen LogP contribution in [0.25, 0.3) is 0 Å². The molecule has 21 heavy (non-hydrogen) atoms. The molecule has 0 aliphatic heterocycles. The lowest BCUT2D eigenvalue weighted by Gasteiger charge is -2.24. The van der Waals surface area contributed by atoms with Gasteiger partial charge in [0.15, 0.2) is 0 Å². The molecule has 0 fully saturated rings. The lowest BCUT2D eigenvalue weighted by molar-refractivity contribution is 0.621. The molecule has 0 aliphatic carbocycles. The molecule has 1 unspecified atom stereocenters. The van der Waals surface area contributed by atoms with Gasteiger partial charge in [-0.25, -0.2) is 0 Å². The molecule has 2 aromatic rings. The van der Waals surface area contributed by atoms with Gasteiger partial charge < -0.3 is 5.32 Å². The molecule has 2 rings (SSSR count). The zero-order valence-corrected chi connectivity index (χ0v) is 14.5. The summed E-state index contributed by atoms with van der Waals surface area (Å²) >= 11 is 1.78. The molecule has 1 atom stereocenters. The van der Waals surface area contributed by atoms with Crippen LogP contribution < -0.4 is 5.32 Å². The maximum Gasteiger partial charge on any atom is 0.0590 e. The molecule has 1 aromatic heterocycles. The Morgan fingerprint density at radius 2 is 1.67 bits per heavy atom. The highest BCUT2D eigenvalue weighted by atomic mass is 32.1. The number of rotatable bonds is 7. The van der Waals surface area contributed by atoms with E-state index in [1.165, 1.54) is 27.8 Å². The van der Waals surface area contributed by atoms with Crippen LogP contribution in [0.2, 0.25) is 0 Å². The second-order valence-corrected chi connectivity index (χ2v) is 6.22. The van der Waals surface area contributed by atoms with Gasteiger partial charge in [0.2, 0.25) is 0 Å². The first-order valence-corrected chi connectivity index (χ1v) is 9.09. The van der Waals surface area contributed by atoms with E-state index in [0.29, 0.717) is 6.04 Å². The van der Waals surface area contributed by atoms with Gasteiger partial charge in [-0.1, -0.05) is 39.8 Å². The molecule has 0 spiro atoms. The second kappa shape index (κ2) is 7.77. The Hall–Kier alpha value is -1.12. The van der Waals surface area contributed by atoms with Gasteiger partial charge in [0.05, 0.1) is 6.04 Å². The first-order chi connectivity index (χ1) is 10.2. The van der Waals surface area contributed by atoms with Crippen molar-refractivity contribution in [2.75, 3.05) is 6.54 Å². The van der Waals surface area contributed by atoms with Crippen molar-refractivity contribution >= 4 is 11.3 Å². The van der Waals surface area contributed by atoms with Crippen molar-refractivity contribution in [2.45, 2.75) is 53.0 Å². The molecule has 0 saturated carbocycles. The Labute approximate surface area is 133 Å². The molecule has 0 saturated heterocycles. The van der Waals surface area contributed by atoms with Crippen LogP contribution in [0.5, 0.6) is 0 Å². The predicted molar refractivity (Wildman–Crippen MR) is 94.4 cm³/mol. The minimum Gasteiger partial charge on any atom is -0.306 e. The van der Waals surface area contributed by atoms with E-state index in [9.17, 15) is 0 Å². The number of hydrogen-bond acceptors (Lipinski definition) is 2. The van der Waals surface area contributed by atoms with E-state index in [0.717, 1.165) is 25.8 Å². The maximum atomic E-state index is 3.69. The van der Waals surface area contributed by atoms with Crippen LogP contribution in [0.1, 0.15) is 61.6 Å². The topological polar surface area (TPSA) is 12.0 Å². The van der Waals surface area contributed by atoms with Gasteiger partial charge in [0.25, 0.3) is 0 Å². The lowest BCUT2D eigenvalue weighted by Crippen LogP contribution is -2.24. The zero-order valence-electron chi connectivity index (χ0n) is 13.7. The Bertz CT molecular complexity index is 532. The molecule has 1 heterocycles. The third kappa shape index (κ3) is 3.56. The van der Waals surface area contributed by atoms with Crippen LogP contribution in [-0.2, 0) is 19.3 Å². The van der Waals surface area contributed by atoms with E-state index in [1.54, 1.807) is 11.3 Å². The minimum absolute atomic E-state index is 0.331. The fourth-order valence-electron chi connectivity index (χ4n) is 3.04. The van der Waals surface area contributed by atoms with Gasteiger partial charge in [-0.05, 0) is 70.5 Å². The summed E-state index contributed by atoms with van der Waals surface area (Å²) in [5, 5.41) is 8.15. The van der Waals surface area contributed by atoms with Gasteiger partial charge in [0.1, 0.15) is 0 Å². The van der Waals surface area contributed by atoms with E-state index in [1.807, 2.05) is 0 Å². The van der Waals surface area contributed by atoms with Gasteiger partial charge in [-0.2, -0.15) is 11.3 Å². The monoisotopic (exact) mass is 301 g/mol. The first kappa shape index (κ1) is 16.3. The van der Waals surface area contributed by atoms with Crippen LogP contribution in [0, 0.1) is 0 Å².